The number of hydrogen-bond donors (Lipinski definition) is 4. The van der Waals surface area contributed by atoms with Crippen LogP contribution in [0, 0.1) is 0 Å². The summed E-state index contributed by atoms with van der Waals surface area (Å²) < 4.78 is 0. The molecule has 1 heterocycles. The van der Waals surface area contributed by atoms with Gasteiger partial charge in [0.05, 0.1) is 0 Å². The molecule has 0 bridgehead atoms. The van der Waals surface area contributed by atoms with E-state index in [9.17, 15) is 14.4 Å². The first-order valence-electron chi connectivity index (χ1n) is 3.59. The minimum absolute atomic E-state index is 1.11. The van der Waals surface area contributed by atoms with E-state index in [4.69, 9.17) is 20.8 Å². The molecule has 1 saturated heterocycles. The van der Waals surface area contributed by atoms with Gasteiger partial charge < -0.3 is 15.3 Å². The third-order valence-electron chi connectivity index (χ3n) is 1.84. The molecule has 1 rings (SSSR count). The van der Waals surface area contributed by atoms with Crippen LogP contribution < -0.4 is 5.50 Å². The second-order valence-corrected chi connectivity index (χ2v) is 4.34. The first-order chi connectivity index (χ1) is 6.37. The molecule has 0 aromatic carbocycles. The van der Waals surface area contributed by atoms with Crippen molar-refractivity contribution in [1.82, 2.24) is 0 Å². The first-order valence-corrected chi connectivity index (χ1v) is 5.00. The van der Waals surface area contributed by atoms with Crippen LogP contribution in [0.5, 0.6) is 0 Å². The highest BCUT2D eigenvalue weighted by Gasteiger charge is 2.46. The number of carbonyl (C=O) groups is 3. The second kappa shape index (κ2) is 3.80. The van der Waals surface area contributed by atoms with Crippen molar-refractivity contribution in [3.05, 3.63) is 0 Å². The van der Waals surface area contributed by atoms with Crippen LogP contribution >= 0.6 is 8.07 Å². The summed E-state index contributed by atoms with van der Waals surface area (Å²) in [6, 6.07) is 0. The summed E-state index contributed by atoms with van der Waals surface area (Å²) in [6.07, 6.45) is -6.07. The molecule has 0 spiro atoms. The molecule has 0 aliphatic carbocycles. The predicted octanol–water partition coefficient (Wildman–Crippen LogP) is -2.94. The Hall–Kier alpha value is -0.720. The number of aliphatic hydroxyl groups is 3. The van der Waals surface area contributed by atoms with Gasteiger partial charge in [-0.15, -0.1) is 0 Å². The van der Waals surface area contributed by atoms with Gasteiger partial charge in [-0.2, -0.15) is 0 Å². The van der Waals surface area contributed by atoms with Crippen LogP contribution in [-0.2, 0) is 14.4 Å². The molecule has 0 radical (unpaired) electrons. The van der Waals surface area contributed by atoms with E-state index >= 15 is 0 Å². The fraction of sp³-hybridized carbons (Fsp3) is 0.500. The van der Waals surface area contributed by atoms with Crippen LogP contribution in [0.3, 0.4) is 0 Å². The van der Waals surface area contributed by atoms with E-state index in [1.807, 2.05) is 0 Å². The molecule has 8 heteroatoms. The molecular formula is C6H8NO6P. The molecule has 0 aromatic rings. The zero-order chi connectivity index (χ0) is 11.0. The van der Waals surface area contributed by atoms with E-state index in [0.29, 0.717) is 0 Å². The number of Topliss-reactive ketones (excluding diaryl/α,β-unsaturated/α-hetero) is 1. The van der Waals surface area contributed by atoms with Gasteiger partial charge in [0.2, 0.25) is 16.8 Å². The van der Waals surface area contributed by atoms with E-state index in [-0.39, 0.29) is 0 Å². The van der Waals surface area contributed by atoms with Gasteiger partial charge in [0.25, 0.3) is 0 Å². The molecule has 0 saturated carbocycles. The van der Waals surface area contributed by atoms with Gasteiger partial charge in [0.1, 0.15) is 26.4 Å². The summed E-state index contributed by atoms with van der Waals surface area (Å²) in [5, 5.41) is 27.2. The molecule has 1 aliphatic rings. The number of nitrogens with two attached hydrogens (primary N) is 1. The lowest BCUT2D eigenvalue weighted by Crippen LogP contribution is -2.43. The van der Waals surface area contributed by atoms with Gasteiger partial charge in [-0.1, -0.05) is 0 Å². The van der Waals surface area contributed by atoms with Crippen molar-refractivity contribution >= 4 is 24.9 Å². The van der Waals surface area contributed by atoms with Crippen molar-refractivity contribution in [3.8, 4) is 0 Å². The average Bonchev–Trinajstić information content (AvgIpc) is 2.23. The highest BCUT2D eigenvalue weighted by Crippen LogP contribution is 2.34. The standard InChI is InChI=1S/C6H8NO6P/c7-14-5(12)3(10)1(8)2(9)4(11)6(14)13/h1-3,8-10H,7H2. The molecule has 5 N–H and O–H groups in total. The van der Waals surface area contributed by atoms with Gasteiger partial charge in [-0.05, 0) is 0 Å². The van der Waals surface area contributed by atoms with Crippen LogP contribution in [0.2, 0.25) is 0 Å². The van der Waals surface area contributed by atoms with E-state index in [1.54, 1.807) is 0 Å². The normalized spacial score (nSPS) is 39.9. The van der Waals surface area contributed by atoms with Crippen molar-refractivity contribution in [1.29, 1.82) is 0 Å². The summed E-state index contributed by atoms with van der Waals surface area (Å²) >= 11 is 0. The molecule has 0 aromatic heterocycles. The largest absolute Gasteiger partial charge is 0.387 e. The summed E-state index contributed by atoms with van der Waals surface area (Å²) in [5.74, 6) is -1.34. The van der Waals surface area contributed by atoms with Gasteiger partial charge in [0.15, 0.2) is 0 Å². The molecule has 78 valence electrons. The zero-order valence-corrected chi connectivity index (χ0v) is 7.72. The van der Waals surface area contributed by atoms with Crippen LogP contribution in [-0.4, -0.2) is 50.5 Å². The van der Waals surface area contributed by atoms with Crippen LogP contribution in [0.25, 0.3) is 0 Å². The first kappa shape index (κ1) is 11.4. The molecular weight excluding hydrogens is 213 g/mol. The van der Waals surface area contributed by atoms with Gasteiger partial charge in [-0.3, -0.25) is 19.9 Å². The molecule has 4 unspecified atom stereocenters. The lowest BCUT2D eigenvalue weighted by atomic mass is 10.1. The number of ketones is 1. The topological polar surface area (TPSA) is 138 Å². The number of carbonyl (C=O) groups excluding carboxylic acids is 3. The Bertz CT molecular complexity index is 305. The monoisotopic (exact) mass is 221 g/mol. The quantitative estimate of drug-likeness (QED) is 0.253. The van der Waals surface area contributed by atoms with Crippen molar-refractivity contribution < 1.29 is 29.7 Å². The Morgan fingerprint density at radius 3 is 2.07 bits per heavy atom. The molecule has 1 aliphatic heterocycles. The van der Waals surface area contributed by atoms with Gasteiger partial charge in [-0.25, -0.2) is 0 Å². The van der Waals surface area contributed by atoms with Gasteiger partial charge in [0, 0.05) is 0 Å². The molecule has 7 nitrogen and oxygen atoms in total. The molecule has 14 heavy (non-hydrogen) atoms. The van der Waals surface area contributed by atoms with Crippen LogP contribution in [0.4, 0.5) is 0 Å². The highest BCUT2D eigenvalue weighted by molar-refractivity contribution is 7.89. The molecule has 1 fully saturated rings. The molecule has 4 atom stereocenters. The Morgan fingerprint density at radius 1 is 1.07 bits per heavy atom. The number of hydrogen-bond acceptors (Lipinski definition) is 7. The van der Waals surface area contributed by atoms with Gasteiger partial charge >= 0.3 is 0 Å². The fourth-order valence-corrected chi connectivity index (χ4v) is 1.97. The second-order valence-electron chi connectivity index (χ2n) is 2.76. The predicted molar refractivity (Wildman–Crippen MR) is 44.1 cm³/mol. The van der Waals surface area contributed by atoms with Crippen LogP contribution in [0.15, 0.2) is 0 Å². The maximum Gasteiger partial charge on any atom is 0.244 e. The number of rotatable bonds is 0. The lowest BCUT2D eigenvalue weighted by molar-refractivity contribution is -0.145. The summed E-state index contributed by atoms with van der Waals surface area (Å²) in [6.45, 7) is 0. The molecule has 0 amide bonds. The summed E-state index contributed by atoms with van der Waals surface area (Å²) in [4.78, 5) is 33.0. The Morgan fingerprint density at radius 2 is 1.57 bits per heavy atom. The summed E-state index contributed by atoms with van der Waals surface area (Å²) in [5.41, 5.74) is 2.74. The third-order valence-corrected chi connectivity index (χ3v) is 3.23. The minimum Gasteiger partial charge on any atom is -0.387 e. The Labute approximate surface area is 79.3 Å². The van der Waals surface area contributed by atoms with E-state index in [2.05, 4.69) is 0 Å². The Balaban J connectivity index is 3.11. The Kier molecular flexibility index (Phi) is 3.08. The maximum absolute atomic E-state index is 11.1. The average molecular weight is 221 g/mol. The van der Waals surface area contributed by atoms with E-state index in [1.165, 1.54) is 0 Å². The smallest absolute Gasteiger partial charge is 0.244 e. The van der Waals surface area contributed by atoms with Crippen molar-refractivity contribution in [2.45, 2.75) is 18.3 Å². The van der Waals surface area contributed by atoms with Crippen molar-refractivity contribution in [2.75, 3.05) is 0 Å². The lowest BCUT2D eigenvalue weighted by Gasteiger charge is -2.16. The highest BCUT2D eigenvalue weighted by atomic mass is 31.1. The van der Waals surface area contributed by atoms with Crippen LogP contribution in [0.1, 0.15) is 0 Å². The zero-order valence-electron chi connectivity index (χ0n) is 6.82. The SMILES string of the molecule is NP1C(=O)C(=O)C(O)C(O)C(O)C1=O. The maximum atomic E-state index is 11.1. The van der Waals surface area contributed by atoms with E-state index in [0.717, 1.165) is 0 Å². The number of aliphatic hydroxyl groups excluding tert-OH is 3. The third kappa shape index (κ3) is 1.60. The summed E-state index contributed by atoms with van der Waals surface area (Å²) in [7, 11) is -2.47. The fourth-order valence-electron chi connectivity index (χ4n) is 0.962. The van der Waals surface area contributed by atoms with Crippen molar-refractivity contribution in [3.63, 3.8) is 0 Å². The van der Waals surface area contributed by atoms with E-state index < -0.39 is 43.2 Å². The minimum atomic E-state index is -2.47. The van der Waals surface area contributed by atoms with Crippen molar-refractivity contribution in [2.24, 2.45) is 5.50 Å².